The maximum Gasteiger partial charge on any atom is 0.126 e. The molecule has 0 aliphatic heterocycles. The fraction of sp³-hybridized carbons (Fsp3) is 0.400. The SMILES string of the molecule is COC[C@@H](O)CNc1ccc(C#N)cn1. The summed E-state index contributed by atoms with van der Waals surface area (Å²) >= 11 is 0. The normalized spacial score (nSPS) is 11.8. The van der Waals surface area contributed by atoms with Crippen molar-refractivity contribution >= 4 is 5.82 Å². The molecule has 80 valence electrons. The number of ether oxygens (including phenoxy) is 1. The number of anilines is 1. The fourth-order valence-corrected chi connectivity index (χ4v) is 1.04. The first-order valence-corrected chi connectivity index (χ1v) is 4.53. The summed E-state index contributed by atoms with van der Waals surface area (Å²) in [7, 11) is 1.53. The standard InChI is InChI=1S/C10H13N3O2/c1-15-7-9(14)6-13-10-3-2-8(4-11)5-12-10/h2-3,5,9,14H,6-7H2,1H3,(H,12,13)/t9-/m0/s1. The van der Waals surface area contributed by atoms with Crippen LogP contribution in [0.3, 0.4) is 0 Å². The molecule has 1 aromatic heterocycles. The predicted octanol–water partition coefficient (Wildman–Crippen LogP) is 0.372. The van der Waals surface area contributed by atoms with Crippen LogP contribution in [0.2, 0.25) is 0 Å². The zero-order valence-electron chi connectivity index (χ0n) is 8.47. The Bertz CT molecular complexity index is 332. The second-order valence-corrected chi connectivity index (χ2v) is 3.03. The zero-order valence-corrected chi connectivity index (χ0v) is 8.47. The molecule has 1 heterocycles. The molecule has 15 heavy (non-hydrogen) atoms. The van der Waals surface area contributed by atoms with Crippen molar-refractivity contribution in [3.05, 3.63) is 23.9 Å². The minimum atomic E-state index is -0.563. The second-order valence-electron chi connectivity index (χ2n) is 3.03. The average molecular weight is 207 g/mol. The third-order valence-electron chi connectivity index (χ3n) is 1.77. The van der Waals surface area contributed by atoms with E-state index < -0.39 is 6.10 Å². The summed E-state index contributed by atoms with van der Waals surface area (Å²) in [5.41, 5.74) is 0.512. The van der Waals surface area contributed by atoms with Crippen molar-refractivity contribution in [3.8, 4) is 6.07 Å². The number of nitrogens with one attached hydrogen (secondary N) is 1. The van der Waals surface area contributed by atoms with Crippen LogP contribution in [0, 0.1) is 11.3 Å². The van der Waals surface area contributed by atoms with Crippen molar-refractivity contribution in [2.24, 2.45) is 0 Å². The molecule has 0 aliphatic rings. The van der Waals surface area contributed by atoms with E-state index in [0.717, 1.165) is 0 Å². The highest BCUT2D eigenvalue weighted by Gasteiger charge is 2.02. The van der Waals surface area contributed by atoms with Crippen molar-refractivity contribution < 1.29 is 9.84 Å². The van der Waals surface area contributed by atoms with Gasteiger partial charge in [-0.3, -0.25) is 0 Å². The number of pyridine rings is 1. The second kappa shape index (κ2) is 5.96. The summed E-state index contributed by atoms with van der Waals surface area (Å²) in [6.07, 6.45) is 0.915. The molecule has 0 aromatic carbocycles. The molecule has 0 fully saturated rings. The average Bonchev–Trinajstić information content (AvgIpc) is 2.27. The van der Waals surface area contributed by atoms with Gasteiger partial charge < -0.3 is 15.2 Å². The van der Waals surface area contributed by atoms with E-state index >= 15 is 0 Å². The lowest BCUT2D eigenvalue weighted by atomic mass is 10.3. The summed E-state index contributed by atoms with van der Waals surface area (Å²) < 4.78 is 4.78. The van der Waals surface area contributed by atoms with E-state index in [0.29, 0.717) is 17.9 Å². The van der Waals surface area contributed by atoms with Crippen LogP contribution in [-0.4, -0.2) is 36.5 Å². The molecular weight excluding hydrogens is 194 g/mol. The van der Waals surface area contributed by atoms with Gasteiger partial charge in [-0.1, -0.05) is 0 Å². The van der Waals surface area contributed by atoms with Crippen LogP contribution in [0.15, 0.2) is 18.3 Å². The van der Waals surface area contributed by atoms with E-state index in [2.05, 4.69) is 10.3 Å². The molecule has 2 N–H and O–H groups in total. The molecule has 0 saturated heterocycles. The van der Waals surface area contributed by atoms with Gasteiger partial charge in [-0.05, 0) is 12.1 Å². The lowest BCUT2D eigenvalue weighted by molar-refractivity contribution is 0.0727. The summed E-state index contributed by atoms with van der Waals surface area (Å²) in [4.78, 5) is 4.00. The van der Waals surface area contributed by atoms with Crippen molar-refractivity contribution in [1.82, 2.24) is 4.98 Å². The van der Waals surface area contributed by atoms with E-state index in [4.69, 9.17) is 10.00 Å². The van der Waals surface area contributed by atoms with Crippen LogP contribution in [0.1, 0.15) is 5.56 Å². The summed E-state index contributed by atoms with van der Waals surface area (Å²) in [5.74, 6) is 0.629. The topological polar surface area (TPSA) is 78.2 Å². The molecule has 0 unspecified atom stereocenters. The molecular formula is C10H13N3O2. The van der Waals surface area contributed by atoms with Crippen LogP contribution in [0.5, 0.6) is 0 Å². The summed E-state index contributed by atoms with van der Waals surface area (Å²) in [6.45, 7) is 0.649. The first-order chi connectivity index (χ1) is 7.26. The molecule has 0 spiro atoms. The van der Waals surface area contributed by atoms with Gasteiger partial charge >= 0.3 is 0 Å². The van der Waals surface area contributed by atoms with Crippen LogP contribution < -0.4 is 5.32 Å². The number of aromatic nitrogens is 1. The molecule has 1 aromatic rings. The Kier molecular flexibility index (Phi) is 4.54. The van der Waals surface area contributed by atoms with Gasteiger partial charge in [0.15, 0.2) is 0 Å². The van der Waals surface area contributed by atoms with E-state index in [9.17, 15) is 5.11 Å². The highest BCUT2D eigenvalue weighted by Crippen LogP contribution is 2.03. The summed E-state index contributed by atoms with van der Waals surface area (Å²) in [5, 5.41) is 20.8. The van der Waals surface area contributed by atoms with Crippen LogP contribution in [0.4, 0.5) is 5.82 Å². The van der Waals surface area contributed by atoms with Gasteiger partial charge in [-0.2, -0.15) is 5.26 Å². The Hall–Kier alpha value is -1.64. The maximum absolute atomic E-state index is 9.34. The highest BCUT2D eigenvalue weighted by molar-refractivity contribution is 5.38. The van der Waals surface area contributed by atoms with Gasteiger partial charge in [0.2, 0.25) is 0 Å². The number of hydrogen-bond acceptors (Lipinski definition) is 5. The molecule has 0 radical (unpaired) electrons. The number of aliphatic hydroxyl groups is 1. The third kappa shape index (κ3) is 3.94. The Balaban J connectivity index is 2.41. The first-order valence-electron chi connectivity index (χ1n) is 4.53. The molecule has 0 amide bonds. The monoisotopic (exact) mass is 207 g/mol. The predicted molar refractivity (Wildman–Crippen MR) is 55.3 cm³/mol. The van der Waals surface area contributed by atoms with Crippen LogP contribution >= 0.6 is 0 Å². The van der Waals surface area contributed by atoms with Crippen LogP contribution in [-0.2, 0) is 4.74 Å². The molecule has 0 saturated carbocycles. The smallest absolute Gasteiger partial charge is 0.126 e. The number of methoxy groups -OCH3 is 1. The minimum absolute atomic E-state index is 0.281. The van der Waals surface area contributed by atoms with Gasteiger partial charge in [-0.15, -0.1) is 0 Å². The number of hydrogen-bond donors (Lipinski definition) is 2. The maximum atomic E-state index is 9.34. The largest absolute Gasteiger partial charge is 0.389 e. The summed E-state index contributed by atoms with van der Waals surface area (Å²) in [6, 6.07) is 5.34. The first kappa shape index (κ1) is 11.4. The number of nitrogens with zero attached hydrogens (tertiary/aromatic N) is 2. The van der Waals surface area contributed by atoms with Crippen molar-refractivity contribution in [2.75, 3.05) is 25.6 Å². The minimum Gasteiger partial charge on any atom is -0.389 e. The van der Waals surface area contributed by atoms with E-state index in [1.807, 2.05) is 6.07 Å². The number of nitriles is 1. The number of rotatable bonds is 5. The van der Waals surface area contributed by atoms with Crippen molar-refractivity contribution in [3.63, 3.8) is 0 Å². The number of aliphatic hydroxyl groups excluding tert-OH is 1. The molecule has 5 heteroatoms. The zero-order chi connectivity index (χ0) is 11.1. The molecule has 1 atom stereocenters. The van der Waals surface area contributed by atoms with Gasteiger partial charge in [0.1, 0.15) is 11.9 Å². The van der Waals surface area contributed by atoms with Crippen LogP contribution in [0.25, 0.3) is 0 Å². The molecule has 1 rings (SSSR count). The highest BCUT2D eigenvalue weighted by atomic mass is 16.5. The third-order valence-corrected chi connectivity index (χ3v) is 1.77. The van der Waals surface area contributed by atoms with E-state index in [1.165, 1.54) is 13.3 Å². The Morgan fingerprint density at radius 2 is 2.47 bits per heavy atom. The fourth-order valence-electron chi connectivity index (χ4n) is 1.04. The lowest BCUT2D eigenvalue weighted by Gasteiger charge is -2.10. The van der Waals surface area contributed by atoms with Crippen molar-refractivity contribution in [2.45, 2.75) is 6.10 Å². The molecule has 0 aliphatic carbocycles. The lowest BCUT2D eigenvalue weighted by Crippen LogP contribution is -2.24. The Morgan fingerprint density at radius 3 is 3.00 bits per heavy atom. The van der Waals surface area contributed by atoms with E-state index in [-0.39, 0.29) is 6.61 Å². The van der Waals surface area contributed by atoms with Gasteiger partial charge in [0.25, 0.3) is 0 Å². The van der Waals surface area contributed by atoms with Gasteiger partial charge in [-0.25, -0.2) is 4.98 Å². The Labute approximate surface area is 88.3 Å². The van der Waals surface area contributed by atoms with Gasteiger partial charge in [0, 0.05) is 19.9 Å². The van der Waals surface area contributed by atoms with Gasteiger partial charge in [0.05, 0.1) is 18.3 Å². The Morgan fingerprint density at radius 1 is 1.67 bits per heavy atom. The van der Waals surface area contributed by atoms with E-state index in [1.54, 1.807) is 12.1 Å². The molecule has 5 nitrogen and oxygen atoms in total. The van der Waals surface area contributed by atoms with Crippen molar-refractivity contribution in [1.29, 1.82) is 5.26 Å². The molecule has 0 bridgehead atoms. The quantitative estimate of drug-likeness (QED) is 0.729.